The summed E-state index contributed by atoms with van der Waals surface area (Å²) in [4.78, 5) is 0. The minimum Gasteiger partial charge on any atom is -0.380 e. The molecule has 2 aromatic carbocycles. The molecule has 106 valence electrons. The highest BCUT2D eigenvalue weighted by Gasteiger charge is 2.32. The van der Waals surface area contributed by atoms with Crippen molar-refractivity contribution in [3.63, 3.8) is 0 Å². The van der Waals surface area contributed by atoms with Gasteiger partial charge in [-0.05, 0) is 45.8 Å². The van der Waals surface area contributed by atoms with E-state index in [1.165, 1.54) is 12.1 Å². The summed E-state index contributed by atoms with van der Waals surface area (Å²) in [6.45, 7) is 0.264. The molecule has 0 atom stereocenters. The van der Waals surface area contributed by atoms with E-state index in [9.17, 15) is 13.2 Å². The Morgan fingerprint density at radius 2 is 1.80 bits per heavy atom. The molecule has 0 spiro atoms. The summed E-state index contributed by atoms with van der Waals surface area (Å²) >= 11 is 9.21. The van der Waals surface area contributed by atoms with Gasteiger partial charge in [-0.2, -0.15) is 13.2 Å². The van der Waals surface area contributed by atoms with Crippen molar-refractivity contribution in [2.24, 2.45) is 0 Å². The van der Waals surface area contributed by atoms with Crippen molar-refractivity contribution in [2.75, 3.05) is 5.32 Å². The van der Waals surface area contributed by atoms with Gasteiger partial charge in [0.25, 0.3) is 0 Å². The van der Waals surface area contributed by atoms with Gasteiger partial charge in [0, 0.05) is 16.7 Å². The Morgan fingerprint density at radius 3 is 2.45 bits per heavy atom. The third-order valence-corrected chi connectivity index (χ3v) is 3.93. The summed E-state index contributed by atoms with van der Waals surface area (Å²) in [7, 11) is 0. The number of hydrogen-bond acceptors (Lipinski definition) is 1. The number of halogens is 5. The first-order chi connectivity index (χ1) is 9.38. The van der Waals surface area contributed by atoms with Gasteiger partial charge in [0.1, 0.15) is 0 Å². The van der Waals surface area contributed by atoms with E-state index >= 15 is 0 Å². The molecule has 0 radical (unpaired) electrons. The Balaban J connectivity index is 2.17. The second-order valence-electron chi connectivity index (χ2n) is 4.15. The van der Waals surface area contributed by atoms with Crippen LogP contribution in [0.3, 0.4) is 0 Å². The Bertz CT molecular complexity index is 614. The molecular weight excluding hydrogens is 355 g/mol. The molecule has 2 rings (SSSR count). The zero-order chi connectivity index (χ0) is 14.8. The molecule has 0 saturated heterocycles. The van der Waals surface area contributed by atoms with Crippen LogP contribution in [0.2, 0.25) is 5.02 Å². The number of benzene rings is 2. The molecule has 0 aliphatic rings. The van der Waals surface area contributed by atoms with Gasteiger partial charge < -0.3 is 5.32 Å². The molecule has 2 aromatic rings. The van der Waals surface area contributed by atoms with Crippen LogP contribution in [-0.2, 0) is 12.7 Å². The summed E-state index contributed by atoms with van der Waals surface area (Å²) in [5, 5.41) is 3.31. The van der Waals surface area contributed by atoms with Crippen molar-refractivity contribution in [1.82, 2.24) is 0 Å². The summed E-state index contributed by atoms with van der Waals surface area (Å²) in [5.41, 5.74) is 0.178. The van der Waals surface area contributed by atoms with Gasteiger partial charge in [0.05, 0.1) is 10.6 Å². The molecule has 0 saturated carbocycles. The second-order valence-corrected chi connectivity index (χ2v) is 5.41. The van der Waals surface area contributed by atoms with Gasteiger partial charge >= 0.3 is 6.18 Å². The zero-order valence-corrected chi connectivity index (χ0v) is 12.5. The molecule has 0 aliphatic heterocycles. The smallest absolute Gasteiger partial charge is 0.380 e. The van der Waals surface area contributed by atoms with Crippen LogP contribution in [0.5, 0.6) is 0 Å². The van der Waals surface area contributed by atoms with E-state index in [1.54, 1.807) is 24.3 Å². The van der Waals surface area contributed by atoms with E-state index in [2.05, 4.69) is 21.2 Å². The number of nitrogens with one attached hydrogen (secondary N) is 1. The van der Waals surface area contributed by atoms with E-state index < -0.39 is 11.7 Å². The van der Waals surface area contributed by atoms with Crippen LogP contribution in [-0.4, -0.2) is 0 Å². The normalized spacial score (nSPS) is 11.4. The largest absolute Gasteiger partial charge is 0.418 e. The minimum atomic E-state index is -4.37. The molecule has 0 heterocycles. The van der Waals surface area contributed by atoms with Crippen molar-refractivity contribution < 1.29 is 13.2 Å². The Labute approximate surface area is 127 Å². The molecule has 1 nitrogen and oxygen atoms in total. The number of rotatable bonds is 3. The lowest BCUT2D eigenvalue weighted by Crippen LogP contribution is -2.10. The van der Waals surface area contributed by atoms with Crippen molar-refractivity contribution in [1.29, 1.82) is 0 Å². The highest BCUT2D eigenvalue weighted by molar-refractivity contribution is 9.10. The molecule has 0 bridgehead atoms. The number of para-hydroxylation sites is 1. The quantitative estimate of drug-likeness (QED) is 0.733. The van der Waals surface area contributed by atoms with Gasteiger partial charge in [-0.15, -0.1) is 0 Å². The third kappa shape index (κ3) is 3.67. The fourth-order valence-electron chi connectivity index (χ4n) is 1.73. The van der Waals surface area contributed by atoms with E-state index in [1.807, 2.05) is 0 Å². The Morgan fingerprint density at radius 1 is 1.10 bits per heavy atom. The first-order valence-corrected chi connectivity index (χ1v) is 6.89. The highest BCUT2D eigenvalue weighted by Crippen LogP contribution is 2.34. The highest BCUT2D eigenvalue weighted by atomic mass is 79.9. The molecule has 0 aliphatic carbocycles. The first-order valence-electron chi connectivity index (χ1n) is 5.72. The molecule has 0 unspecified atom stereocenters. The molecule has 0 amide bonds. The van der Waals surface area contributed by atoms with Crippen molar-refractivity contribution in [3.8, 4) is 0 Å². The second kappa shape index (κ2) is 6.06. The van der Waals surface area contributed by atoms with E-state index in [0.717, 1.165) is 16.1 Å². The average Bonchev–Trinajstić information content (AvgIpc) is 2.39. The van der Waals surface area contributed by atoms with Crippen LogP contribution in [0.15, 0.2) is 46.9 Å². The van der Waals surface area contributed by atoms with E-state index in [0.29, 0.717) is 5.02 Å². The standard InChI is InChI=1S/C14H10BrClF3N/c15-11-6-5-9(7-12(11)16)8-20-13-4-2-1-3-10(13)14(17,18)19/h1-7,20H,8H2. The van der Waals surface area contributed by atoms with Crippen LogP contribution in [0.1, 0.15) is 11.1 Å². The summed E-state index contributed by atoms with van der Waals surface area (Å²) in [6, 6.07) is 10.6. The van der Waals surface area contributed by atoms with Crippen molar-refractivity contribution in [3.05, 3.63) is 63.1 Å². The predicted octanol–water partition coefficient (Wildman–Crippen LogP) is 5.73. The molecule has 20 heavy (non-hydrogen) atoms. The monoisotopic (exact) mass is 363 g/mol. The molecular formula is C14H10BrClF3N. The van der Waals surface area contributed by atoms with Crippen LogP contribution in [0, 0.1) is 0 Å². The minimum absolute atomic E-state index is 0.0547. The predicted molar refractivity (Wildman–Crippen MR) is 77.9 cm³/mol. The fourth-order valence-corrected chi connectivity index (χ4v) is 2.18. The van der Waals surface area contributed by atoms with Crippen LogP contribution in [0.4, 0.5) is 18.9 Å². The third-order valence-electron chi connectivity index (χ3n) is 2.70. The summed E-state index contributed by atoms with van der Waals surface area (Å²) in [5.74, 6) is 0. The van der Waals surface area contributed by atoms with Crippen LogP contribution in [0.25, 0.3) is 0 Å². The lowest BCUT2D eigenvalue weighted by Gasteiger charge is -2.14. The first kappa shape index (κ1) is 15.2. The van der Waals surface area contributed by atoms with Crippen molar-refractivity contribution in [2.45, 2.75) is 12.7 Å². The maximum absolute atomic E-state index is 12.8. The van der Waals surface area contributed by atoms with Crippen LogP contribution >= 0.6 is 27.5 Å². The van der Waals surface area contributed by atoms with Gasteiger partial charge in [-0.1, -0.05) is 29.8 Å². The molecule has 0 aromatic heterocycles. The van der Waals surface area contributed by atoms with Crippen molar-refractivity contribution >= 4 is 33.2 Å². The number of anilines is 1. The maximum atomic E-state index is 12.8. The maximum Gasteiger partial charge on any atom is 0.418 e. The SMILES string of the molecule is FC(F)(F)c1ccccc1NCc1ccc(Br)c(Cl)c1. The Kier molecular flexibility index (Phi) is 4.60. The van der Waals surface area contributed by atoms with Gasteiger partial charge in [0.15, 0.2) is 0 Å². The molecule has 1 N–H and O–H groups in total. The Hall–Kier alpha value is -1.20. The fraction of sp³-hybridized carbons (Fsp3) is 0.143. The topological polar surface area (TPSA) is 12.0 Å². The van der Waals surface area contributed by atoms with Crippen LogP contribution < -0.4 is 5.32 Å². The summed E-state index contributed by atoms with van der Waals surface area (Å²) < 4.78 is 39.2. The average molecular weight is 365 g/mol. The lowest BCUT2D eigenvalue weighted by molar-refractivity contribution is -0.136. The summed E-state index contributed by atoms with van der Waals surface area (Å²) in [6.07, 6.45) is -4.37. The number of hydrogen-bond donors (Lipinski definition) is 1. The van der Waals surface area contributed by atoms with Gasteiger partial charge in [-0.25, -0.2) is 0 Å². The van der Waals surface area contributed by atoms with E-state index in [-0.39, 0.29) is 12.2 Å². The number of alkyl halides is 3. The molecule has 0 fully saturated rings. The molecule has 6 heteroatoms. The van der Waals surface area contributed by atoms with E-state index in [4.69, 9.17) is 11.6 Å². The lowest BCUT2D eigenvalue weighted by atomic mass is 10.1. The zero-order valence-electron chi connectivity index (χ0n) is 10.1. The van der Waals surface area contributed by atoms with Gasteiger partial charge in [-0.3, -0.25) is 0 Å². The van der Waals surface area contributed by atoms with Gasteiger partial charge in [0.2, 0.25) is 0 Å².